The first-order chi connectivity index (χ1) is 21.1. The van der Waals surface area contributed by atoms with Crippen molar-refractivity contribution in [3.8, 4) is 0 Å². The van der Waals surface area contributed by atoms with E-state index in [4.69, 9.17) is 15.3 Å². The highest BCUT2D eigenvalue weighted by molar-refractivity contribution is 5.90. The number of aryl methyl sites for hydroxylation is 1. The number of halogens is 6. The summed E-state index contributed by atoms with van der Waals surface area (Å²) in [5.41, 5.74) is 10.4. The van der Waals surface area contributed by atoms with Gasteiger partial charge < -0.3 is 26.0 Å². The zero-order valence-electron chi connectivity index (χ0n) is 25.0. The molecule has 248 valence electrons. The molecule has 4 N–H and O–H groups in total. The number of fused-ring (bicyclic) bond motifs is 2. The maximum Gasteiger partial charge on any atom is 0.575 e. The summed E-state index contributed by atoms with van der Waals surface area (Å²) >= 11 is 0. The SMILES string of the molecule is CNCc1ccc2cc3ccc(N(C)C)cc3[n+](CCCCCC(=O)NCCN)c2c1.O=C(OC(F)(F)F)C(F)(F)F.O=C=O. The van der Waals surface area contributed by atoms with Gasteiger partial charge in [0.1, 0.15) is 6.54 Å². The van der Waals surface area contributed by atoms with Crippen molar-refractivity contribution in [2.75, 3.05) is 39.1 Å². The number of unbranched alkanes of at least 4 members (excludes halogenated alkanes) is 2. The average Bonchev–Trinajstić information content (AvgIpc) is 2.95. The number of nitrogens with two attached hydrogens (primary N) is 1. The molecule has 3 aromatic rings. The topological polar surface area (TPSA) is 135 Å². The van der Waals surface area contributed by atoms with Gasteiger partial charge >= 0.3 is 24.7 Å². The number of ether oxygens (including phenoxy) is 1. The summed E-state index contributed by atoms with van der Waals surface area (Å²) in [6, 6.07) is 15.7. The van der Waals surface area contributed by atoms with Crippen molar-refractivity contribution in [1.82, 2.24) is 10.6 Å². The van der Waals surface area contributed by atoms with Gasteiger partial charge in [-0.1, -0.05) is 6.07 Å². The molecule has 0 radical (unpaired) electrons. The monoisotopic (exact) mass is 648 g/mol. The third kappa shape index (κ3) is 13.9. The highest BCUT2D eigenvalue weighted by Crippen LogP contribution is 2.25. The number of anilines is 1. The number of hydrogen-bond donors (Lipinski definition) is 3. The number of rotatable bonds is 11. The molecule has 3 rings (SSSR count). The molecule has 1 aromatic heterocycles. The van der Waals surface area contributed by atoms with Gasteiger partial charge in [0.25, 0.3) is 0 Å². The first-order valence-corrected chi connectivity index (χ1v) is 13.6. The Kier molecular flexibility index (Phi) is 15.9. The van der Waals surface area contributed by atoms with Crippen LogP contribution in [0.1, 0.15) is 31.2 Å². The van der Waals surface area contributed by atoms with E-state index < -0.39 is 18.5 Å². The fourth-order valence-electron chi connectivity index (χ4n) is 4.16. The molecule has 0 aliphatic heterocycles. The van der Waals surface area contributed by atoms with E-state index in [2.05, 4.69) is 76.7 Å². The standard InChI is InChI=1S/C25H35N5O.C3F6O2.CO2/c1-27-18-19-8-9-20-16-21-10-11-22(29(2)3)17-24(21)30(23(20)15-19)14-6-4-5-7-25(31)28-13-12-26;4-2(5,6)1(10)11-3(7,8)9;2-1-3/h8-11,15-17,27H,4-7,12-14,18,26H2,1-3H3;;/p+1. The molecule has 45 heavy (non-hydrogen) atoms. The minimum Gasteiger partial charge on any atom is -0.377 e. The summed E-state index contributed by atoms with van der Waals surface area (Å²) < 4.78 is 70.2. The molecule has 0 aliphatic carbocycles. The van der Waals surface area contributed by atoms with E-state index in [1.54, 1.807) is 0 Å². The lowest BCUT2D eigenvalue weighted by molar-refractivity contribution is -0.645. The molecule has 2 aromatic carbocycles. The summed E-state index contributed by atoms with van der Waals surface area (Å²) in [5.74, 6) is -3.17. The minimum atomic E-state index is -5.62. The third-order valence-corrected chi connectivity index (χ3v) is 6.09. The maximum absolute atomic E-state index is 11.8. The molecule has 0 bridgehead atoms. The van der Waals surface area contributed by atoms with Gasteiger partial charge in [0.05, 0.1) is 0 Å². The van der Waals surface area contributed by atoms with Crippen molar-refractivity contribution < 1.29 is 54.8 Å². The Morgan fingerprint density at radius 2 is 1.53 bits per heavy atom. The smallest absolute Gasteiger partial charge is 0.377 e. The number of nitrogens with zero attached hydrogens (tertiary/aromatic N) is 2. The molecule has 0 saturated carbocycles. The van der Waals surface area contributed by atoms with Crippen LogP contribution in [0.25, 0.3) is 21.8 Å². The summed E-state index contributed by atoms with van der Waals surface area (Å²) in [7, 11) is 6.13. The fraction of sp³-hybridized carbons (Fsp3) is 0.448. The lowest BCUT2D eigenvalue weighted by Crippen LogP contribution is -2.36. The Hall–Kier alpha value is -4.27. The second-order valence-electron chi connectivity index (χ2n) is 9.72. The van der Waals surface area contributed by atoms with Crippen molar-refractivity contribution >= 4 is 45.5 Å². The van der Waals surface area contributed by atoms with Gasteiger partial charge in [-0.05, 0) is 49.7 Å². The van der Waals surface area contributed by atoms with Crippen LogP contribution in [-0.4, -0.2) is 64.8 Å². The van der Waals surface area contributed by atoms with Crippen molar-refractivity contribution in [1.29, 1.82) is 0 Å². The Morgan fingerprint density at radius 1 is 0.933 bits per heavy atom. The highest BCUT2D eigenvalue weighted by atomic mass is 19.4. The Morgan fingerprint density at radius 3 is 2.04 bits per heavy atom. The molecule has 16 heteroatoms. The molecule has 0 spiro atoms. The molecule has 10 nitrogen and oxygen atoms in total. The molecule has 0 unspecified atom stereocenters. The molecular weight excluding hydrogens is 612 g/mol. The third-order valence-electron chi connectivity index (χ3n) is 6.09. The second-order valence-corrected chi connectivity index (χ2v) is 9.72. The number of nitrogens with one attached hydrogen (secondary N) is 2. The largest absolute Gasteiger partial charge is 0.575 e. The summed E-state index contributed by atoms with van der Waals surface area (Å²) in [5, 5.41) is 8.60. The molecule has 0 saturated heterocycles. The predicted octanol–water partition coefficient (Wildman–Crippen LogP) is 3.73. The van der Waals surface area contributed by atoms with Crippen molar-refractivity contribution in [3.05, 3.63) is 48.0 Å². The number of carbonyl (C=O) groups is 2. The number of benzene rings is 2. The number of esters is 1. The Balaban J connectivity index is 0.000000607. The normalized spacial score (nSPS) is 11.1. The zero-order chi connectivity index (χ0) is 34.2. The summed E-state index contributed by atoms with van der Waals surface area (Å²) in [4.78, 5) is 39.6. The Bertz CT molecular complexity index is 1440. The lowest BCUT2D eigenvalue weighted by atomic mass is 10.1. The predicted molar refractivity (Wildman–Crippen MR) is 152 cm³/mol. The molecular formula is C29H36F6N5O5+. The molecule has 1 amide bonds. The van der Waals surface area contributed by atoms with E-state index in [0.717, 1.165) is 32.4 Å². The van der Waals surface area contributed by atoms with Crippen LogP contribution in [0.3, 0.4) is 0 Å². The van der Waals surface area contributed by atoms with Gasteiger partial charge in [0.15, 0.2) is 0 Å². The molecule has 0 fully saturated rings. The van der Waals surface area contributed by atoms with Gasteiger partial charge in [-0.3, -0.25) is 4.79 Å². The number of aromatic nitrogens is 1. The summed E-state index contributed by atoms with van der Waals surface area (Å²) in [6.45, 7) is 2.82. The van der Waals surface area contributed by atoms with E-state index in [1.165, 1.54) is 33.1 Å². The van der Waals surface area contributed by atoms with E-state index >= 15 is 0 Å². The quantitative estimate of drug-likeness (QED) is 0.0942. The van der Waals surface area contributed by atoms with Crippen LogP contribution in [0.2, 0.25) is 0 Å². The fourth-order valence-corrected chi connectivity index (χ4v) is 4.16. The van der Waals surface area contributed by atoms with Gasteiger partial charge in [0.2, 0.25) is 16.9 Å². The minimum absolute atomic E-state index is 0.0982. The lowest BCUT2D eigenvalue weighted by Gasteiger charge is -2.14. The summed E-state index contributed by atoms with van der Waals surface area (Å²) in [6.07, 6.45) is -7.44. The van der Waals surface area contributed by atoms with Crippen LogP contribution < -0.4 is 25.8 Å². The molecule has 0 aliphatic rings. The number of alkyl halides is 6. The van der Waals surface area contributed by atoms with Crippen molar-refractivity contribution in [3.63, 3.8) is 0 Å². The zero-order valence-corrected chi connectivity index (χ0v) is 25.0. The van der Waals surface area contributed by atoms with Crippen LogP contribution in [0.15, 0.2) is 42.5 Å². The van der Waals surface area contributed by atoms with Crippen molar-refractivity contribution in [2.45, 2.75) is 51.3 Å². The maximum atomic E-state index is 11.8. The Labute approximate surface area is 255 Å². The number of amides is 1. The van der Waals surface area contributed by atoms with E-state index in [9.17, 15) is 35.9 Å². The van der Waals surface area contributed by atoms with Crippen LogP contribution in [-0.2, 0) is 37.0 Å². The van der Waals surface area contributed by atoms with E-state index in [0.29, 0.717) is 19.5 Å². The van der Waals surface area contributed by atoms with Crippen LogP contribution in [0.5, 0.6) is 0 Å². The van der Waals surface area contributed by atoms with Gasteiger partial charge in [-0.15, -0.1) is 13.2 Å². The number of carbonyl (C=O) groups excluding carboxylic acids is 4. The highest BCUT2D eigenvalue weighted by Gasteiger charge is 2.48. The van der Waals surface area contributed by atoms with Gasteiger partial charge in [-0.25, -0.2) is 4.79 Å². The van der Waals surface area contributed by atoms with E-state index in [1.807, 2.05) is 11.8 Å². The van der Waals surface area contributed by atoms with Crippen LogP contribution in [0.4, 0.5) is 32.0 Å². The van der Waals surface area contributed by atoms with Crippen molar-refractivity contribution in [2.24, 2.45) is 5.73 Å². The van der Waals surface area contributed by atoms with Crippen LogP contribution in [0, 0.1) is 0 Å². The van der Waals surface area contributed by atoms with Gasteiger partial charge in [-0.2, -0.15) is 27.3 Å². The first kappa shape index (κ1) is 38.8. The number of pyridine rings is 1. The van der Waals surface area contributed by atoms with E-state index in [-0.39, 0.29) is 12.1 Å². The first-order valence-electron chi connectivity index (χ1n) is 13.6. The average molecular weight is 649 g/mol. The van der Waals surface area contributed by atoms with Crippen LogP contribution >= 0.6 is 0 Å². The molecule has 1 heterocycles. The number of hydrogen-bond acceptors (Lipinski definition) is 8. The van der Waals surface area contributed by atoms with Gasteiger partial charge in [0, 0.05) is 75.2 Å². The second kappa shape index (κ2) is 18.5. The molecule has 0 atom stereocenters.